The van der Waals surface area contributed by atoms with Gasteiger partial charge in [-0.15, -0.1) is 5.10 Å². The molecule has 1 aliphatic rings. The summed E-state index contributed by atoms with van der Waals surface area (Å²) in [7, 11) is 0. The Kier molecular flexibility index (Phi) is 3.31. The quantitative estimate of drug-likeness (QED) is 0.855. The minimum absolute atomic E-state index is 0.521. The van der Waals surface area contributed by atoms with Crippen LogP contribution in [-0.4, -0.2) is 50.8 Å². The first-order chi connectivity index (χ1) is 8.83. The van der Waals surface area contributed by atoms with Crippen LogP contribution in [0.25, 0.3) is 10.8 Å². The molecule has 0 spiro atoms. The van der Waals surface area contributed by atoms with E-state index in [0.29, 0.717) is 5.89 Å². The topological polar surface area (TPSA) is 80.0 Å². The van der Waals surface area contributed by atoms with Crippen LogP contribution in [0.4, 0.5) is 0 Å². The second-order valence-corrected chi connectivity index (χ2v) is 4.98. The van der Waals surface area contributed by atoms with Crippen molar-refractivity contribution in [3.05, 3.63) is 11.5 Å². The van der Waals surface area contributed by atoms with E-state index in [1.807, 2.05) is 6.92 Å². The summed E-state index contributed by atoms with van der Waals surface area (Å²) in [6, 6.07) is 0. The Morgan fingerprint density at radius 1 is 1.39 bits per heavy atom. The molecule has 1 aliphatic heterocycles. The normalized spacial score (nSPS) is 17.2. The molecule has 0 amide bonds. The third kappa shape index (κ3) is 2.40. The van der Waals surface area contributed by atoms with Gasteiger partial charge in [-0.1, -0.05) is 9.64 Å². The molecule has 96 valence electrons. The van der Waals surface area contributed by atoms with Gasteiger partial charge in [0.15, 0.2) is 5.82 Å². The van der Waals surface area contributed by atoms with Crippen LogP contribution in [0.2, 0.25) is 0 Å². The molecule has 0 saturated carbocycles. The molecule has 0 aliphatic carbocycles. The zero-order valence-electron chi connectivity index (χ0n) is 10.1. The van der Waals surface area contributed by atoms with Gasteiger partial charge in [-0.05, 0) is 18.5 Å². The highest BCUT2D eigenvalue weighted by molar-refractivity contribution is 7.09. The highest BCUT2D eigenvalue weighted by Crippen LogP contribution is 2.23. The minimum Gasteiger partial charge on any atom is -0.333 e. The lowest BCUT2D eigenvalue weighted by Gasteiger charge is -2.25. The molecule has 7 nitrogen and oxygen atoms in total. The van der Waals surface area contributed by atoms with Crippen molar-refractivity contribution in [3.63, 3.8) is 0 Å². The summed E-state index contributed by atoms with van der Waals surface area (Å²) in [6.07, 6.45) is 0. The first-order valence-electron chi connectivity index (χ1n) is 5.88. The summed E-state index contributed by atoms with van der Waals surface area (Å²) in [6.45, 7) is 6.69. The van der Waals surface area contributed by atoms with Crippen LogP contribution in [0.1, 0.15) is 11.5 Å². The number of hydrogen-bond acceptors (Lipinski definition) is 8. The lowest BCUT2D eigenvalue weighted by molar-refractivity contribution is 0.225. The maximum Gasteiger partial charge on any atom is 0.271 e. The second kappa shape index (κ2) is 5.09. The smallest absolute Gasteiger partial charge is 0.271 e. The highest BCUT2D eigenvalue weighted by atomic mass is 32.1. The van der Waals surface area contributed by atoms with Crippen molar-refractivity contribution in [1.29, 1.82) is 0 Å². The number of piperazine rings is 1. The summed E-state index contributed by atoms with van der Waals surface area (Å²) in [5.74, 6) is 1.24. The van der Waals surface area contributed by atoms with Gasteiger partial charge in [-0.25, -0.2) is 0 Å². The molecule has 2 aromatic heterocycles. The third-order valence-corrected chi connectivity index (χ3v) is 3.70. The SMILES string of the molecule is Cc1nnsc1-c1nc(CN2CCNCC2)no1. The Hall–Kier alpha value is -1.38. The molecule has 3 heterocycles. The van der Waals surface area contributed by atoms with E-state index in [9.17, 15) is 0 Å². The van der Waals surface area contributed by atoms with Crippen molar-refractivity contribution in [2.45, 2.75) is 13.5 Å². The zero-order chi connectivity index (χ0) is 12.4. The summed E-state index contributed by atoms with van der Waals surface area (Å²) < 4.78 is 9.13. The molecule has 3 rings (SSSR count). The standard InChI is InChI=1S/C10H14N6OS/c1-7-9(18-15-13-7)10-12-8(14-17-10)6-16-4-2-11-3-5-16/h11H,2-6H2,1H3. The van der Waals surface area contributed by atoms with E-state index < -0.39 is 0 Å². The number of aryl methyl sites for hydroxylation is 1. The molecule has 0 radical (unpaired) electrons. The maximum absolute atomic E-state index is 5.26. The molecular formula is C10H14N6OS. The van der Waals surface area contributed by atoms with Gasteiger partial charge in [0, 0.05) is 26.2 Å². The number of nitrogens with one attached hydrogen (secondary N) is 1. The third-order valence-electron chi connectivity index (χ3n) is 2.89. The van der Waals surface area contributed by atoms with Crippen LogP contribution < -0.4 is 5.32 Å². The van der Waals surface area contributed by atoms with Gasteiger partial charge >= 0.3 is 0 Å². The van der Waals surface area contributed by atoms with Gasteiger partial charge in [0.05, 0.1) is 12.2 Å². The van der Waals surface area contributed by atoms with Crippen molar-refractivity contribution in [3.8, 4) is 10.8 Å². The Morgan fingerprint density at radius 3 is 2.94 bits per heavy atom. The molecule has 0 atom stereocenters. The predicted octanol–water partition coefficient (Wildman–Crippen LogP) is 0.302. The Balaban J connectivity index is 1.71. The van der Waals surface area contributed by atoms with Crippen LogP contribution in [0.15, 0.2) is 4.52 Å². The molecule has 18 heavy (non-hydrogen) atoms. The lowest BCUT2D eigenvalue weighted by atomic mass is 10.3. The number of hydrogen-bond donors (Lipinski definition) is 1. The van der Waals surface area contributed by atoms with Crippen LogP contribution >= 0.6 is 11.5 Å². The fourth-order valence-corrected chi connectivity index (χ4v) is 2.49. The summed E-state index contributed by atoms with van der Waals surface area (Å²) in [5, 5.41) is 11.3. The molecule has 1 saturated heterocycles. The minimum atomic E-state index is 0.521. The fourth-order valence-electron chi connectivity index (χ4n) is 1.91. The van der Waals surface area contributed by atoms with Crippen LogP contribution in [-0.2, 0) is 6.54 Å². The molecule has 1 N–H and O–H groups in total. The van der Waals surface area contributed by atoms with Gasteiger partial charge < -0.3 is 9.84 Å². The monoisotopic (exact) mass is 266 g/mol. The summed E-state index contributed by atoms with van der Waals surface area (Å²) in [4.78, 5) is 7.56. The molecule has 0 bridgehead atoms. The number of rotatable bonds is 3. The van der Waals surface area contributed by atoms with Crippen molar-refractivity contribution < 1.29 is 4.52 Å². The van der Waals surface area contributed by atoms with E-state index in [0.717, 1.165) is 49.1 Å². The Labute approximate surface area is 108 Å². The largest absolute Gasteiger partial charge is 0.333 e. The van der Waals surface area contributed by atoms with E-state index in [-0.39, 0.29) is 0 Å². The van der Waals surface area contributed by atoms with E-state index in [1.54, 1.807) is 0 Å². The van der Waals surface area contributed by atoms with Gasteiger partial charge in [-0.2, -0.15) is 4.98 Å². The van der Waals surface area contributed by atoms with Crippen molar-refractivity contribution >= 4 is 11.5 Å². The molecule has 2 aromatic rings. The molecule has 0 aromatic carbocycles. The van der Waals surface area contributed by atoms with Gasteiger partial charge in [-0.3, -0.25) is 4.90 Å². The molecule has 8 heteroatoms. The fraction of sp³-hybridized carbons (Fsp3) is 0.600. The summed E-state index contributed by atoms with van der Waals surface area (Å²) >= 11 is 1.28. The lowest BCUT2D eigenvalue weighted by Crippen LogP contribution is -2.43. The predicted molar refractivity (Wildman–Crippen MR) is 66.1 cm³/mol. The zero-order valence-corrected chi connectivity index (χ0v) is 10.9. The highest BCUT2D eigenvalue weighted by Gasteiger charge is 2.17. The number of nitrogens with zero attached hydrogens (tertiary/aromatic N) is 5. The van der Waals surface area contributed by atoms with Crippen LogP contribution in [0, 0.1) is 6.92 Å². The summed E-state index contributed by atoms with van der Waals surface area (Å²) in [5.41, 5.74) is 0.831. The molecule has 0 unspecified atom stereocenters. The van der Waals surface area contributed by atoms with E-state index >= 15 is 0 Å². The van der Waals surface area contributed by atoms with Gasteiger partial charge in [0.2, 0.25) is 0 Å². The van der Waals surface area contributed by atoms with Crippen LogP contribution in [0.3, 0.4) is 0 Å². The molecule has 1 fully saturated rings. The second-order valence-electron chi connectivity index (χ2n) is 4.23. The first-order valence-corrected chi connectivity index (χ1v) is 6.65. The van der Waals surface area contributed by atoms with Crippen molar-refractivity contribution in [1.82, 2.24) is 29.9 Å². The van der Waals surface area contributed by atoms with E-state index in [1.165, 1.54) is 11.5 Å². The Bertz CT molecular complexity index is 518. The van der Waals surface area contributed by atoms with Crippen molar-refractivity contribution in [2.24, 2.45) is 0 Å². The maximum atomic E-state index is 5.26. The van der Waals surface area contributed by atoms with Crippen LogP contribution in [0.5, 0.6) is 0 Å². The Morgan fingerprint density at radius 2 is 2.22 bits per heavy atom. The number of aromatic nitrogens is 4. The van der Waals surface area contributed by atoms with Gasteiger partial charge in [0.1, 0.15) is 4.88 Å². The van der Waals surface area contributed by atoms with Gasteiger partial charge in [0.25, 0.3) is 5.89 Å². The average Bonchev–Trinajstić information content (AvgIpc) is 2.99. The average molecular weight is 266 g/mol. The first kappa shape index (κ1) is 11.7. The van der Waals surface area contributed by atoms with Crippen molar-refractivity contribution in [2.75, 3.05) is 26.2 Å². The molecular weight excluding hydrogens is 252 g/mol. The van der Waals surface area contributed by atoms with E-state index in [4.69, 9.17) is 4.52 Å². The van der Waals surface area contributed by atoms with E-state index in [2.05, 4.69) is 29.9 Å².